The zero-order valence-electron chi connectivity index (χ0n) is 9.84. The number of hydrogen-bond acceptors (Lipinski definition) is 3. The number of rotatable bonds is 7. The van der Waals surface area contributed by atoms with Gasteiger partial charge in [-0.3, -0.25) is 9.59 Å². The van der Waals surface area contributed by atoms with Gasteiger partial charge in [0.05, 0.1) is 12.0 Å². The van der Waals surface area contributed by atoms with Gasteiger partial charge in [0.25, 0.3) is 0 Å². The Morgan fingerprint density at radius 3 is 2.47 bits per heavy atom. The standard InChI is InChI=1S/C12H20O3/c1-5-10(13)8-7-9-15-11(14)12(3,4)6-2/h5H,1,6-9H2,2-4H3. The van der Waals surface area contributed by atoms with Crippen LogP contribution in [0.15, 0.2) is 12.7 Å². The highest BCUT2D eigenvalue weighted by Gasteiger charge is 2.26. The number of allylic oxidation sites excluding steroid dienone is 1. The van der Waals surface area contributed by atoms with Crippen LogP contribution in [-0.2, 0) is 14.3 Å². The summed E-state index contributed by atoms with van der Waals surface area (Å²) in [6, 6.07) is 0. The van der Waals surface area contributed by atoms with E-state index in [4.69, 9.17) is 4.74 Å². The molecule has 0 rings (SSSR count). The summed E-state index contributed by atoms with van der Waals surface area (Å²) in [6.07, 6.45) is 2.99. The van der Waals surface area contributed by atoms with Crippen molar-refractivity contribution in [1.29, 1.82) is 0 Å². The molecule has 0 atom stereocenters. The molecule has 0 amide bonds. The SMILES string of the molecule is C=CC(=O)CCCOC(=O)C(C)(C)CC. The van der Waals surface area contributed by atoms with Crippen LogP contribution in [0, 0.1) is 5.41 Å². The molecular formula is C12H20O3. The normalized spacial score (nSPS) is 10.9. The lowest BCUT2D eigenvalue weighted by Gasteiger charge is -2.20. The van der Waals surface area contributed by atoms with Crippen molar-refractivity contribution in [2.75, 3.05) is 6.61 Å². The number of hydrogen-bond donors (Lipinski definition) is 0. The van der Waals surface area contributed by atoms with Gasteiger partial charge in [0.2, 0.25) is 0 Å². The van der Waals surface area contributed by atoms with Gasteiger partial charge >= 0.3 is 5.97 Å². The summed E-state index contributed by atoms with van der Waals surface area (Å²) in [5.74, 6) is -0.211. The van der Waals surface area contributed by atoms with Crippen LogP contribution >= 0.6 is 0 Å². The average Bonchev–Trinajstić information content (AvgIpc) is 2.23. The van der Waals surface area contributed by atoms with Crippen molar-refractivity contribution in [3.63, 3.8) is 0 Å². The molecule has 0 heterocycles. The van der Waals surface area contributed by atoms with Crippen LogP contribution in [0.25, 0.3) is 0 Å². The third-order valence-corrected chi connectivity index (χ3v) is 2.46. The topological polar surface area (TPSA) is 43.4 Å². The van der Waals surface area contributed by atoms with Gasteiger partial charge in [-0.2, -0.15) is 0 Å². The van der Waals surface area contributed by atoms with Gasteiger partial charge in [-0.25, -0.2) is 0 Å². The number of esters is 1. The van der Waals surface area contributed by atoms with E-state index in [1.165, 1.54) is 6.08 Å². The first-order chi connectivity index (χ1) is 6.94. The molecule has 0 aliphatic heterocycles. The van der Waals surface area contributed by atoms with Crippen molar-refractivity contribution < 1.29 is 14.3 Å². The van der Waals surface area contributed by atoms with Crippen molar-refractivity contribution >= 4 is 11.8 Å². The second-order valence-corrected chi connectivity index (χ2v) is 4.15. The van der Waals surface area contributed by atoms with Crippen LogP contribution in [0.2, 0.25) is 0 Å². The van der Waals surface area contributed by atoms with Crippen LogP contribution in [-0.4, -0.2) is 18.4 Å². The fraction of sp³-hybridized carbons (Fsp3) is 0.667. The zero-order valence-corrected chi connectivity index (χ0v) is 9.84. The zero-order chi connectivity index (χ0) is 11.9. The Morgan fingerprint density at radius 1 is 1.40 bits per heavy atom. The fourth-order valence-corrected chi connectivity index (χ4v) is 0.853. The Kier molecular flexibility index (Phi) is 5.90. The lowest BCUT2D eigenvalue weighted by molar-refractivity contribution is -0.154. The summed E-state index contributed by atoms with van der Waals surface area (Å²) in [4.78, 5) is 22.3. The summed E-state index contributed by atoms with van der Waals surface area (Å²) in [5.41, 5.74) is -0.428. The third kappa shape index (κ3) is 5.35. The molecule has 0 aliphatic rings. The van der Waals surface area contributed by atoms with Crippen LogP contribution in [0.4, 0.5) is 0 Å². The van der Waals surface area contributed by atoms with E-state index in [1.54, 1.807) is 0 Å². The third-order valence-electron chi connectivity index (χ3n) is 2.46. The minimum absolute atomic E-state index is 0.0131. The van der Waals surface area contributed by atoms with Gasteiger partial charge < -0.3 is 4.74 Å². The molecule has 3 heteroatoms. The molecule has 0 spiro atoms. The van der Waals surface area contributed by atoms with Crippen molar-refractivity contribution in [1.82, 2.24) is 0 Å². The molecule has 0 unspecified atom stereocenters. The largest absolute Gasteiger partial charge is 0.465 e. The monoisotopic (exact) mass is 212 g/mol. The molecule has 0 aromatic rings. The van der Waals surface area contributed by atoms with E-state index in [0.717, 1.165) is 6.42 Å². The highest BCUT2D eigenvalue weighted by atomic mass is 16.5. The summed E-state index contributed by atoms with van der Waals surface area (Å²) < 4.78 is 5.07. The Bertz CT molecular complexity index is 241. The minimum Gasteiger partial charge on any atom is -0.465 e. The Morgan fingerprint density at radius 2 is 2.00 bits per heavy atom. The quantitative estimate of drug-likeness (QED) is 0.370. The van der Waals surface area contributed by atoms with Crippen molar-refractivity contribution in [2.45, 2.75) is 40.0 Å². The molecule has 0 fully saturated rings. The summed E-state index contributed by atoms with van der Waals surface area (Å²) >= 11 is 0. The van der Waals surface area contributed by atoms with Crippen molar-refractivity contribution in [3.05, 3.63) is 12.7 Å². The maximum atomic E-state index is 11.5. The fourth-order valence-electron chi connectivity index (χ4n) is 0.853. The molecule has 0 bridgehead atoms. The molecule has 86 valence electrons. The minimum atomic E-state index is -0.428. The van der Waals surface area contributed by atoms with Crippen LogP contribution in [0.1, 0.15) is 40.0 Å². The van der Waals surface area contributed by atoms with Gasteiger partial charge in [-0.1, -0.05) is 13.5 Å². The van der Waals surface area contributed by atoms with E-state index in [2.05, 4.69) is 6.58 Å². The molecule has 3 nitrogen and oxygen atoms in total. The van der Waals surface area contributed by atoms with Gasteiger partial charge in [-0.15, -0.1) is 0 Å². The van der Waals surface area contributed by atoms with Crippen LogP contribution < -0.4 is 0 Å². The van der Waals surface area contributed by atoms with E-state index in [9.17, 15) is 9.59 Å². The molecule has 0 aromatic heterocycles. The predicted molar refractivity (Wildman–Crippen MR) is 59.5 cm³/mol. The first-order valence-electron chi connectivity index (χ1n) is 5.26. The Hall–Kier alpha value is -1.12. The molecule has 15 heavy (non-hydrogen) atoms. The van der Waals surface area contributed by atoms with Gasteiger partial charge in [0.1, 0.15) is 0 Å². The number of carbonyl (C=O) groups is 2. The van der Waals surface area contributed by atoms with Crippen LogP contribution in [0.3, 0.4) is 0 Å². The van der Waals surface area contributed by atoms with E-state index in [-0.39, 0.29) is 11.8 Å². The van der Waals surface area contributed by atoms with E-state index in [1.807, 2.05) is 20.8 Å². The smallest absolute Gasteiger partial charge is 0.311 e. The van der Waals surface area contributed by atoms with Gasteiger partial charge in [-0.05, 0) is 32.8 Å². The van der Waals surface area contributed by atoms with E-state index >= 15 is 0 Å². The van der Waals surface area contributed by atoms with Crippen molar-refractivity contribution in [3.8, 4) is 0 Å². The lowest BCUT2D eigenvalue weighted by Crippen LogP contribution is -2.26. The molecular weight excluding hydrogens is 192 g/mol. The van der Waals surface area contributed by atoms with Crippen LogP contribution in [0.5, 0.6) is 0 Å². The maximum absolute atomic E-state index is 11.5. The molecule has 0 saturated heterocycles. The second-order valence-electron chi connectivity index (χ2n) is 4.15. The summed E-state index contributed by atoms with van der Waals surface area (Å²) in [6.45, 7) is 9.33. The second kappa shape index (κ2) is 6.38. The maximum Gasteiger partial charge on any atom is 0.311 e. The van der Waals surface area contributed by atoms with Gasteiger partial charge in [0.15, 0.2) is 5.78 Å². The molecule has 0 aliphatic carbocycles. The molecule has 0 saturated carbocycles. The predicted octanol–water partition coefficient (Wildman–Crippen LogP) is 2.50. The summed E-state index contributed by atoms with van der Waals surface area (Å²) in [7, 11) is 0. The molecule has 0 aromatic carbocycles. The van der Waals surface area contributed by atoms with E-state index < -0.39 is 5.41 Å². The Labute approximate surface area is 91.5 Å². The highest BCUT2D eigenvalue weighted by Crippen LogP contribution is 2.21. The number of ether oxygens (including phenoxy) is 1. The number of ketones is 1. The first kappa shape index (κ1) is 13.9. The first-order valence-corrected chi connectivity index (χ1v) is 5.26. The highest BCUT2D eigenvalue weighted by molar-refractivity contribution is 5.88. The van der Waals surface area contributed by atoms with Gasteiger partial charge in [0, 0.05) is 6.42 Å². The molecule has 0 radical (unpaired) electrons. The summed E-state index contributed by atoms with van der Waals surface area (Å²) in [5, 5.41) is 0. The number of carbonyl (C=O) groups excluding carboxylic acids is 2. The van der Waals surface area contributed by atoms with Crippen molar-refractivity contribution in [2.24, 2.45) is 5.41 Å². The van der Waals surface area contributed by atoms with E-state index in [0.29, 0.717) is 19.4 Å². The lowest BCUT2D eigenvalue weighted by atomic mass is 9.91. The Balaban J connectivity index is 3.73. The molecule has 0 N–H and O–H groups in total. The average molecular weight is 212 g/mol.